The Labute approximate surface area is 137 Å². The first kappa shape index (κ1) is 15.1. The number of amides is 1. The number of ether oxygens (including phenoxy) is 1. The molecule has 0 bridgehead atoms. The quantitative estimate of drug-likeness (QED) is 0.752. The Kier molecular flexibility index (Phi) is 4.54. The standard InChI is InChI=1S/C17H15N3O2S/c18-16-11-23-10-13(16)9-22-15-3-1-2-14(8-15)20-17(21)12-4-6-19-7-5-12/h1-8,10-11H,9,18H2,(H,20,21). The van der Waals surface area contributed by atoms with Gasteiger partial charge in [-0.15, -0.1) is 11.3 Å². The van der Waals surface area contributed by atoms with Crippen molar-refractivity contribution in [2.75, 3.05) is 11.1 Å². The average Bonchev–Trinajstić information content (AvgIpc) is 2.99. The average molecular weight is 325 g/mol. The topological polar surface area (TPSA) is 77.2 Å². The van der Waals surface area contributed by atoms with E-state index in [0.717, 1.165) is 11.3 Å². The van der Waals surface area contributed by atoms with Crippen molar-refractivity contribution >= 4 is 28.6 Å². The van der Waals surface area contributed by atoms with Gasteiger partial charge in [0.15, 0.2) is 0 Å². The second-order valence-corrected chi connectivity index (χ2v) is 5.60. The summed E-state index contributed by atoms with van der Waals surface area (Å²) in [5.74, 6) is 0.481. The summed E-state index contributed by atoms with van der Waals surface area (Å²) in [4.78, 5) is 16.0. The van der Waals surface area contributed by atoms with E-state index >= 15 is 0 Å². The highest BCUT2D eigenvalue weighted by Crippen LogP contribution is 2.22. The second kappa shape index (κ2) is 6.93. The van der Waals surface area contributed by atoms with Crippen LogP contribution in [0.4, 0.5) is 11.4 Å². The van der Waals surface area contributed by atoms with E-state index in [4.69, 9.17) is 10.5 Å². The summed E-state index contributed by atoms with van der Waals surface area (Å²) in [5, 5.41) is 6.68. The van der Waals surface area contributed by atoms with Crippen LogP contribution >= 0.6 is 11.3 Å². The first-order valence-electron chi connectivity index (χ1n) is 6.97. The van der Waals surface area contributed by atoms with Crippen molar-refractivity contribution in [3.63, 3.8) is 0 Å². The summed E-state index contributed by atoms with van der Waals surface area (Å²) in [7, 11) is 0. The molecule has 0 saturated heterocycles. The molecule has 0 aliphatic rings. The first-order chi connectivity index (χ1) is 11.2. The number of hydrogen-bond acceptors (Lipinski definition) is 5. The number of nitrogens with two attached hydrogens (primary N) is 1. The first-order valence-corrected chi connectivity index (χ1v) is 7.91. The van der Waals surface area contributed by atoms with Crippen LogP contribution in [0.25, 0.3) is 0 Å². The zero-order chi connectivity index (χ0) is 16.1. The minimum absolute atomic E-state index is 0.188. The fraction of sp³-hybridized carbons (Fsp3) is 0.0588. The van der Waals surface area contributed by atoms with E-state index < -0.39 is 0 Å². The van der Waals surface area contributed by atoms with Crippen molar-refractivity contribution in [3.05, 3.63) is 70.7 Å². The summed E-state index contributed by atoms with van der Waals surface area (Å²) in [6.07, 6.45) is 3.17. The van der Waals surface area contributed by atoms with E-state index in [0.29, 0.717) is 23.6 Å². The smallest absolute Gasteiger partial charge is 0.255 e. The van der Waals surface area contributed by atoms with Crippen molar-refractivity contribution in [3.8, 4) is 5.75 Å². The number of nitrogens with one attached hydrogen (secondary N) is 1. The number of thiophene rings is 1. The highest BCUT2D eigenvalue weighted by atomic mass is 32.1. The maximum absolute atomic E-state index is 12.1. The molecule has 23 heavy (non-hydrogen) atoms. The van der Waals surface area contributed by atoms with Crippen LogP contribution < -0.4 is 15.8 Å². The number of aromatic nitrogens is 1. The lowest BCUT2D eigenvalue weighted by atomic mass is 10.2. The molecule has 5 nitrogen and oxygen atoms in total. The third kappa shape index (κ3) is 3.87. The Morgan fingerprint density at radius 2 is 2.04 bits per heavy atom. The Morgan fingerprint density at radius 1 is 1.22 bits per heavy atom. The number of carbonyl (C=O) groups excluding carboxylic acids is 1. The van der Waals surface area contributed by atoms with E-state index in [1.54, 1.807) is 41.9 Å². The zero-order valence-electron chi connectivity index (χ0n) is 12.2. The molecule has 0 radical (unpaired) electrons. The fourth-order valence-electron chi connectivity index (χ4n) is 1.98. The molecule has 0 unspecified atom stereocenters. The van der Waals surface area contributed by atoms with Gasteiger partial charge in [-0.05, 0) is 29.6 Å². The molecule has 0 spiro atoms. The summed E-state index contributed by atoms with van der Waals surface area (Å²) in [6.45, 7) is 0.400. The van der Waals surface area contributed by atoms with Gasteiger partial charge in [0.25, 0.3) is 5.91 Å². The Morgan fingerprint density at radius 3 is 2.78 bits per heavy atom. The minimum atomic E-state index is -0.188. The van der Waals surface area contributed by atoms with Crippen molar-refractivity contribution in [1.82, 2.24) is 4.98 Å². The van der Waals surface area contributed by atoms with Crippen molar-refractivity contribution < 1.29 is 9.53 Å². The molecule has 3 rings (SSSR count). The largest absolute Gasteiger partial charge is 0.489 e. The molecule has 6 heteroatoms. The maximum atomic E-state index is 12.1. The number of nitrogen functional groups attached to an aromatic ring is 1. The van der Waals surface area contributed by atoms with E-state index in [1.165, 1.54) is 0 Å². The number of rotatable bonds is 5. The molecular weight excluding hydrogens is 310 g/mol. The number of nitrogens with zero attached hydrogens (tertiary/aromatic N) is 1. The summed E-state index contributed by atoms with van der Waals surface area (Å²) < 4.78 is 5.72. The molecule has 0 saturated carbocycles. The van der Waals surface area contributed by atoms with Gasteiger partial charge in [-0.3, -0.25) is 9.78 Å². The molecule has 1 aromatic carbocycles. The van der Waals surface area contributed by atoms with Gasteiger partial charge < -0.3 is 15.8 Å². The van der Waals surface area contributed by atoms with Crippen molar-refractivity contribution in [2.45, 2.75) is 6.61 Å². The molecule has 3 aromatic rings. The molecule has 0 fully saturated rings. The normalized spacial score (nSPS) is 10.3. The van der Waals surface area contributed by atoms with Crippen LogP contribution in [-0.2, 0) is 6.61 Å². The predicted molar refractivity (Wildman–Crippen MR) is 91.7 cm³/mol. The van der Waals surface area contributed by atoms with Crippen LogP contribution in [0.2, 0.25) is 0 Å². The van der Waals surface area contributed by atoms with Crippen LogP contribution in [-0.4, -0.2) is 10.9 Å². The Bertz CT molecular complexity index is 802. The molecular formula is C17H15N3O2S. The van der Waals surface area contributed by atoms with Gasteiger partial charge in [-0.2, -0.15) is 0 Å². The number of pyridine rings is 1. The third-order valence-corrected chi connectivity index (χ3v) is 4.02. The van der Waals surface area contributed by atoms with E-state index in [2.05, 4.69) is 10.3 Å². The van der Waals surface area contributed by atoms with E-state index in [1.807, 2.05) is 29.0 Å². The monoisotopic (exact) mass is 325 g/mol. The number of hydrogen-bond donors (Lipinski definition) is 2. The zero-order valence-corrected chi connectivity index (χ0v) is 13.0. The van der Waals surface area contributed by atoms with E-state index in [-0.39, 0.29) is 5.91 Å². The molecule has 0 aliphatic carbocycles. The van der Waals surface area contributed by atoms with Gasteiger partial charge in [0.1, 0.15) is 12.4 Å². The van der Waals surface area contributed by atoms with Gasteiger partial charge in [0.2, 0.25) is 0 Å². The van der Waals surface area contributed by atoms with Crippen LogP contribution in [0, 0.1) is 0 Å². The molecule has 0 atom stereocenters. The predicted octanol–water partition coefficient (Wildman–Crippen LogP) is 3.56. The lowest BCUT2D eigenvalue weighted by molar-refractivity contribution is 0.102. The lowest BCUT2D eigenvalue weighted by Gasteiger charge is -2.09. The van der Waals surface area contributed by atoms with Gasteiger partial charge in [-0.25, -0.2) is 0 Å². The third-order valence-electron chi connectivity index (χ3n) is 3.20. The highest BCUT2D eigenvalue weighted by molar-refractivity contribution is 7.08. The van der Waals surface area contributed by atoms with Gasteiger partial charge >= 0.3 is 0 Å². The number of carbonyl (C=O) groups is 1. The Balaban J connectivity index is 1.65. The fourth-order valence-corrected chi connectivity index (χ4v) is 2.72. The molecule has 2 heterocycles. The molecule has 3 N–H and O–H groups in total. The second-order valence-electron chi connectivity index (χ2n) is 4.86. The van der Waals surface area contributed by atoms with Crippen LogP contribution in [0.15, 0.2) is 59.6 Å². The Hall–Kier alpha value is -2.86. The van der Waals surface area contributed by atoms with Crippen molar-refractivity contribution in [1.29, 1.82) is 0 Å². The van der Waals surface area contributed by atoms with Crippen LogP contribution in [0.5, 0.6) is 5.75 Å². The number of benzene rings is 1. The molecule has 2 aromatic heterocycles. The molecule has 1 amide bonds. The highest BCUT2D eigenvalue weighted by Gasteiger charge is 2.07. The summed E-state index contributed by atoms with van der Waals surface area (Å²) >= 11 is 1.54. The minimum Gasteiger partial charge on any atom is -0.489 e. The lowest BCUT2D eigenvalue weighted by Crippen LogP contribution is -2.11. The SMILES string of the molecule is Nc1cscc1COc1cccc(NC(=O)c2ccncc2)c1. The van der Waals surface area contributed by atoms with E-state index in [9.17, 15) is 4.79 Å². The van der Waals surface area contributed by atoms with Crippen LogP contribution in [0.3, 0.4) is 0 Å². The summed E-state index contributed by atoms with van der Waals surface area (Å²) in [6, 6.07) is 10.6. The van der Waals surface area contributed by atoms with Crippen LogP contribution in [0.1, 0.15) is 15.9 Å². The maximum Gasteiger partial charge on any atom is 0.255 e. The summed E-state index contributed by atoms with van der Waals surface area (Å²) in [5.41, 5.74) is 8.75. The molecule has 116 valence electrons. The van der Waals surface area contributed by atoms with Gasteiger partial charge in [-0.1, -0.05) is 6.07 Å². The van der Waals surface area contributed by atoms with Crippen molar-refractivity contribution in [2.24, 2.45) is 0 Å². The molecule has 0 aliphatic heterocycles. The van der Waals surface area contributed by atoms with Gasteiger partial charge in [0, 0.05) is 46.3 Å². The number of anilines is 2. The van der Waals surface area contributed by atoms with Gasteiger partial charge in [0.05, 0.1) is 0 Å².